The molecule has 2 saturated heterocycles. The lowest BCUT2D eigenvalue weighted by atomic mass is 9.98. The second-order valence-corrected chi connectivity index (χ2v) is 20.0. The monoisotopic (exact) mass is 1030 g/mol. The molecule has 0 bridgehead atoms. The molecule has 2 aliphatic heterocycles. The number of carboxylic acid groups (broad SMARTS) is 1. The van der Waals surface area contributed by atoms with E-state index in [1.54, 1.807) is 12.1 Å². The molecule has 18 nitrogen and oxygen atoms in total. The Kier molecular flexibility index (Phi) is 17.8. The molecule has 0 amide bonds. The van der Waals surface area contributed by atoms with Crippen LogP contribution < -0.4 is 0 Å². The third-order valence-electron chi connectivity index (χ3n) is 11.4. The van der Waals surface area contributed by atoms with Crippen molar-refractivity contribution < 1.29 is 61.4 Å². The molecule has 2 fully saturated rings. The molecule has 382 valence electrons. The van der Waals surface area contributed by atoms with Gasteiger partial charge in [-0.1, -0.05) is 63.7 Å². The molecule has 71 heavy (non-hydrogen) atoms. The summed E-state index contributed by atoms with van der Waals surface area (Å²) in [5.41, 5.74) is 6.01. The van der Waals surface area contributed by atoms with Gasteiger partial charge in [0.15, 0.2) is 16.8 Å². The van der Waals surface area contributed by atoms with Crippen molar-refractivity contribution in [3.63, 3.8) is 0 Å². The Morgan fingerprint density at radius 2 is 1.03 bits per heavy atom. The number of carbonyl (C=O) groups is 1. The Bertz CT molecular complexity index is 2880. The number of nitrogens with zero attached hydrogens (tertiary/aromatic N) is 8. The van der Waals surface area contributed by atoms with Gasteiger partial charge in [0.25, 0.3) is 5.16 Å². The highest BCUT2D eigenvalue weighted by Crippen LogP contribution is 2.40. The molecule has 6 aromatic rings. The maximum absolute atomic E-state index is 12.5. The largest absolute Gasteiger partial charge is 0.508 e. The lowest BCUT2D eigenvalue weighted by Gasteiger charge is -2.26. The van der Waals surface area contributed by atoms with E-state index < -0.39 is 22.0 Å². The van der Waals surface area contributed by atoms with E-state index in [-0.39, 0.29) is 51.4 Å². The van der Waals surface area contributed by atoms with Gasteiger partial charge >= 0.3 is 12.1 Å². The normalized spacial score (nSPS) is 14.7. The SMILES string of the molecule is CC(C)c1cc(-c2nnc(S(C)(=O)=O)n2-c2ccc(CN3CCOCC3)cc2)c(O)cc1O.CSc1nnc(-c2cc(C(C)C)c(O)cc2O)n1-c1ccc(CN2CCOCC2)cc1.O=C(O)C(F)(F)F. The highest BCUT2D eigenvalue weighted by Gasteiger charge is 2.38. The van der Waals surface area contributed by atoms with Crippen LogP contribution in [0.5, 0.6) is 23.0 Å². The van der Waals surface area contributed by atoms with Gasteiger partial charge in [-0.25, -0.2) is 13.2 Å². The van der Waals surface area contributed by atoms with Crippen molar-refractivity contribution >= 4 is 27.6 Å². The molecule has 2 aromatic heterocycles. The van der Waals surface area contributed by atoms with Crippen LogP contribution in [0.3, 0.4) is 0 Å². The number of alkyl halides is 3. The summed E-state index contributed by atoms with van der Waals surface area (Å²) in [4.78, 5) is 13.6. The topological polar surface area (TPSA) is 239 Å². The van der Waals surface area contributed by atoms with Crippen LogP contribution >= 0.6 is 11.8 Å². The number of aromatic hydroxyl groups is 4. The first kappa shape index (κ1) is 54.1. The van der Waals surface area contributed by atoms with Crippen LogP contribution in [-0.2, 0) is 37.2 Å². The van der Waals surface area contributed by atoms with Gasteiger partial charge in [0.1, 0.15) is 23.0 Å². The predicted molar refractivity (Wildman–Crippen MR) is 259 cm³/mol. The van der Waals surface area contributed by atoms with Crippen molar-refractivity contribution in [3.8, 4) is 57.1 Å². The van der Waals surface area contributed by atoms with E-state index in [2.05, 4.69) is 54.5 Å². The van der Waals surface area contributed by atoms with Crippen molar-refractivity contribution in [3.05, 3.63) is 95.1 Å². The van der Waals surface area contributed by atoms with Crippen LogP contribution in [0.1, 0.15) is 61.8 Å². The van der Waals surface area contributed by atoms with Gasteiger partial charge in [-0.2, -0.15) is 13.2 Å². The number of aliphatic carboxylic acids is 1. The number of rotatable bonds is 12. The summed E-state index contributed by atoms with van der Waals surface area (Å²) in [5, 5.41) is 65.9. The van der Waals surface area contributed by atoms with Gasteiger partial charge in [0, 0.05) is 69.0 Å². The zero-order chi connectivity index (χ0) is 51.8. The number of sulfone groups is 1. The first-order chi connectivity index (χ1) is 33.6. The van der Waals surface area contributed by atoms with E-state index >= 15 is 0 Å². The second kappa shape index (κ2) is 23.3. The number of carboxylic acids is 1. The van der Waals surface area contributed by atoms with Gasteiger partial charge in [0.05, 0.1) is 37.6 Å². The fraction of sp³-hybridized carbons (Fsp3) is 0.396. The molecule has 4 heterocycles. The molecule has 5 N–H and O–H groups in total. The number of halogens is 3. The van der Waals surface area contributed by atoms with Crippen molar-refractivity contribution in [2.24, 2.45) is 0 Å². The number of phenolic OH excluding ortho intramolecular Hbond substituents is 4. The summed E-state index contributed by atoms with van der Waals surface area (Å²) in [7, 11) is -3.71. The molecular formula is C48H57F3N8O10S2. The van der Waals surface area contributed by atoms with E-state index in [1.807, 2.05) is 62.8 Å². The zero-order valence-electron chi connectivity index (χ0n) is 40.0. The molecule has 0 aliphatic carbocycles. The highest BCUT2D eigenvalue weighted by molar-refractivity contribution is 7.98. The molecule has 0 spiro atoms. The first-order valence-corrected chi connectivity index (χ1v) is 25.5. The van der Waals surface area contributed by atoms with Gasteiger partial charge in [0.2, 0.25) is 9.84 Å². The Balaban J connectivity index is 0.000000205. The average Bonchev–Trinajstić information content (AvgIpc) is 3.96. The number of ether oxygens (including phenoxy) is 2. The third kappa shape index (κ3) is 13.6. The Morgan fingerprint density at radius 3 is 1.39 bits per heavy atom. The van der Waals surface area contributed by atoms with Crippen molar-refractivity contribution in [2.45, 2.75) is 69.1 Å². The van der Waals surface area contributed by atoms with E-state index in [1.165, 1.54) is 34.0 Å². The minimum Gasteiger partial charge on any atom is -0.508 e. The quantitative estimate of drug-likeness (QED) is 0.0753. The van der Waals surface area contributed by atoms with Crippen LogP contribution in [0.4, 0.5) is 13.2 Å². The van der Waals surface area contributed by atoms with Crippen LogP contribution in [0.2, 0.25) is 0 Å². The van der Waals surface area contributed by atoms with Gasteiger partial charge in [-0.3, -0.25) is 18.9 Å². The third-order valence-corrected chi connectivity index (χ3v) is 13.0. The van der Waals surface area contributed by atoms with Crippen molar-refractivity contribution in [2.75, 3.05) is 65.1 Å². The maximum Gasteiger partial charge on any atom is 0.490 e. The van der Waals surface area contributed by atoms with Crippen LogP contribution in [-0.4, -0.2) is 151 Å². The van der Waals surface area contributed by atoms with Crippen LogP contribution in [0, 0.1) is 0 Å². The molecule has 0 radical (unpaired) electrons. The number of aromatic nitrogens is 6. The van der Waals surface area contributed by atoms with Crippen LogP contribution in [0.15, 0.2) is 83.1 Å². The Hall–Kier alpha value is -6.24. The second-order valence-electron chi connectivity index (χ2n) is 17.3. The van der Waals surface area contributed by atoms with Crippen LogP contribution in [0.25, 0.3) is 34.2 Å². The zero-order valence-corrected chi connectivity index (χ0v) is 41.6. The van der Waals surface area contributed by atoms with Gasteiger partial charge < -0.3 is 35.0 Å². The first-order valence-electron chi connectivity index (χ1n) is 22.4. The number of morpholine rings is 2. The molecule has 0 unspecified atom stereocenters. The predicted octanol–water partition coefficient (Wildman–Crippen LogP) is 7.36. The summed E-state index contributed by atoms with van der Waals surface area (Å²) < 4.78 is 70.9. The lowest BCUT2D eigenvalue weighted by Crippen LogP contribution is -2.35. The minimum atomic E-state index is -5.08. The van der Waals surface area contributed by atoms with Gasteiger partial charge in [-0.05, 0) is 76.7 Å². The number of hydrogen-bond acceptors (Lipinski definition) is 16. The molecule has 0 atom stereocenters. The Labute approximate surface area is 413 Å². The van der Waals surface area contributed by atoms with E-state index in [4.69, 9.17) is 19.4 Å². The fourth-order valence-electron chi connectivity index (χ4n) is 7.73. The number of phenols is 4. The van der Waals surface area contributed by atoms with Crippen molar-refractivity contribution in [1.82, 2.24) is 39.3 Å². The summed E-state index contributed by atoms with van der Waals surface area (Å²) in [6.45, 7) is 16.1. The molecular weight excluding hydrogens is 970 g/mol. The lowest BCUT2D eigenvalue weighted by molar-refractivity contribution is -0.192. The molecule has 0 saturated carbocycles. The molecule has 4 aromatic carbocycles. The van der Waals surface area contributed by atoms with Crippen molar-refractivity contribution in [1.29, 1.82) is 0 Å². The summed E-state index contributed by atoms with van der Waals surface area (Å²) in [6.07, 6.45) is -2.06. The number of hydrogen-bond donors (Lipinski definition) is 5. The van der Waals surface area contributed by atoms with Gasteiger partial charge in [-0.15, -0.1) is 20.4 Å². The summed E-state index contributed by atoms with van der Waals surface area (Å²) in [6, 6.07) is 21.9. The standard InChI is InChI=1S/C23H28N4O5S.C23H28N4O3S.C2HF3O2/c1-15(2)18-12-19(21(29)13-20(18)28)22-24-25-23(33(3,30)31)27(22)17-6-4-16(5-7-17)14-26-8-10-32-11-9-26;1-15(2)18-12-19(21(29)13-20(18)28)22-24-25-23(31-3)27(22)17-6-4-16(5-7-17)14-26-8-10-30-11-9-26;3-2(4,5)1(6)7/h4-7,12-13,15,28-29H,8-11,14H2,1-3H3;4-7,12-13,15,28-29H,8-11,14H2,1-3H3;(H,6,7). The summed E-state index contributed by atoms with van der Waals surface area (Å²) in [5.74, 6) is -2.13. The smallest absolute Gasteiger partial charge is 0.490 e. The van der Waals surface area contributed by atoms with E-state index in [0.717, 1.165) is 80.7 Å². The summed E-state index contributed by atoms with van der Waals surface area (Å²) >= 11 is 1.49. The molecule has 23 heteroatoms. The number of thioether (sulfide) groups is 1. The minimum absolute atomic E-state index is 0.0189. The van der Waals surface area contributed by atoms with E-state index in [0.29, 0.717) is 35.9 Å². The average molecular weight is 1030 g/mol. The Morgan fingerprint density at radius 1 is 0.648 bits per heavy atom. The number of benzene rings is 4. The molecule has 8 rings (SSSR count). The fourth-order valence-corrected chi connectivity index (χ4v) is 8.94. The molecule has 2 aliphatic rings. The maximum atomic E-state index is 12.5. The highest BCUT2D eigenvalue weighted by atomic mass is 32.2. The van der Waals surface area contributed by atoms with E-state index in [9.17, 15) is 42.0 Å².